The summed E-state index contributed by atoms with van der Waals surface area (Å²) in [4.78, 5) is 34.6. The molecule has 3 heterocycles. The van der Waals surface area contributed by atoms with Gasteiger partial charge >= 0.3 is 5.97 Å². The Labute approximate surface area is 198 Å². The molecule has 0 radical (unpaired) electrons. The summed E-state index contributed by atoms with van der Waals surface area (Å²) in [6.45, 7) is 5.19. The molecule has 3 aromatic rings. The van der Waals surface area contributed by atoms with Crippen LogP contribution in [0.25, 0.3) is 0 Å². The van der Waals surface area contributed by atoms with Crippen LogP contribution >= 0.6 is 0 Å². The van der Waals surface area contributed by atoms with Crippen molar-refractivity contribution in [3.8, 4) is 0 Å². The third kappa shape index (κ3) is 3.85. The van der Waals surface area contributed by atoms with E-state index in [1.165, 1.54) is 17.5 Å². The number of carbonyl (C=O) groups is 2. The van der Waals surface area contributed by atoms with E-state index in [4.69, 9.17) is 4.74 Å². The van der Waals surface area contributed by atoms with E-state index >= 15 is 0 Å². The van der Waals surface area contributed by atoms with Crippen molar-refractivity contribution in [3.63, 3.8) is 0 Å². The molecule has 0 unspecified atom stereocenters. The second-order valence-electron chi connectivity index (χ2n) is 8.46. The highest BCUT2D eigenvalue weighted by molar-refractivity contribution is 5.93. The number of esters is 1. The number of rotatable bonds is 5. The SMILES string of the molecule is CCOC(=O)C1=C(C)N(CC(=O)N2CCc3ccccc3C2)c2ncnn2[C@@H]1c1ccccc1. The number of carbonyl (C=O) groups excluding carboxylic acids is 2. The molecule has 0 bridgehead atoms. The van der Waals surface area contributed by atoms with Gasteiger partial charge in [0, 0.05) is 18.8 Å². The fraction of sp³-hybridized carbons (Fsp3) is 0.308. The first-order valence-corrected chi connectivity index (χ1v) is 11.5. The van der Waals surface area contributed by atoms with E-state index < -0.39 is 12.0 Å². The number of ether oxygens (including phenoxy) is 1. The summed E-state index contributed by atoms with van der Waals surface area (Å²) >= 11 is 0. The molecule has 0 N–H and O–H groups in total. The Morgan fingerprint density at radius 3 is 2.56 bits per heavy atom. The summed E-state index contributed by atoms with van der Waals surface area (Å²) in [5.41, 5.74) is 4.47. The van der Waals surface area contributed by atoms with Crippen molar-refractivity contribution in [1.82, 2.24) is 19.7 Å². The zero-order valence-corrected chi connectivity index (χ0v) is 19.3. The fourth-order valence-electron chi connectivity index (χ4n) is 4.78. The summed E-state index contributed by atoms with van der Waals surface area (Å²) in [7, 11) is 0. The average Bonchev–Trinajstić information content (AvgIpc) is 3.35. The maximum atomic E-state index is 13.4. The predicted molar refractivity (Wildman–Crippen MR) is 127 cm³/mol. The second kappa shape index (κ2) is 9.13. The summed E-state index contributed by atoms with van der Waals surface area (Å²) in [6.07, 6.45) is 2.29. The number of hydrogen-bond acceptors (Lipinski definition) is 6. The molecule has 0 aliphatic carbocycles. The van der Waals surface area contributed by atoms with Crippen LogP contribution in [0.5, 0.6) is 0 Å². The minimum absolute atomic E-state index is 0.0234. The van der Waals surface area contributed by atoms with Gasteiger partial charge in [-0.05, 0) is 37.0 Å². The predicted octanol–water partition coefficient (Wildman–Crippen LogP) is 3.11. The number of hydrogen-bond donors (Lipinski definition) is 0. The highest BCUT2D eigenvalue weighted by atomic mass is 16.5. The molecule has 34 heavy (non-hydrogen) atoms. The molecule has 8 nitrogen and oxygen atoms in total. The molecular weight excluding hydrogens is 430 g/mol. The van der Waals surface area contributed by atoms with Gasteiger partial charge < -0.3 is 14.5 Å². The number of fused-ring (bicyclic) bond motifs is 2. The molecule has 1 amide bonds. The summed E-state index contributed by atoms with van der Waals surface area (Å²) in [6, 6.07) is 17.4. The highest BCUT2D eigenvalue weighted by Crippen LogP contribution is 2.38. The van der Waals surface area contributed by atoms with Crippen LogP contribution in [0, 0.1) is 0 Å². The topological polar surface area (TPSA) is 80.6 Å². The van der Waals surface area contributed by atoms with E-state index in [-0.39, 0.29) is 19.1 Å². The summed E-state index contributed by atoms with van der Waals surface area (Å²) in [5.74, 6) is 0.0919. The maximum absolute atomic E-state index is 13.4. The normalized spacial score (nSPS) is 17.3. The minimum Gasteiger partial charge on any atom is -0.463 e. The van der Waals surface area contributed by atoms with Gasteiger partial charge in [-0.3, -0.25) is 4.79 Å². The molecule has 2 aliphatic rings. The van der Waals surface area contributed by atoms with Gasteiger partial charge in [0.25, 0.3) is 0 Å². The van der Waals surface area contributed by atoms with Gasteiger partial charge in [-0.2, -0.15) is 10.1 Å². The largest absolute Gasteiger partial charge is 0.463 e. The van der Waals surface area contributed by atoms with Crippen LogP contribution in [0.15, 0.2) is 72.2 Å². The van der Waals surface area contributed by atoms with E-state index in [9.17, 15) is 9.59 Å². The third-order valence-electron chi connectivity index (χ3n) is 6.50. The van der Waals surface area contributed by atoms with E-state index in [0.29, 0.717) is 30.3 Å². The van der Waals surface area contributed by atoms with Gasteiger partial charge in [-0.25, -0.2) is 9.48 Å². The first-order valence-electron chi connectivity index (χ1n) is 11.5. The van der Waals surface area contributed by atoms with Crippen molar-refractivity contribution < 1.29 is 14.3 Å². The molecular formula is C26H27N5O3. The van der Waals surface area contributed by atoms with E-state index in [2.05, 4.69) is 22.2 Å². The van der Waals surface area contributed by atoms with Gasteiger partial charge in [0.2, 0.25) is 11.9 Å². The lowest BCUT2D eigenvalue weighted by atomic mass is 9.95. The smallest absolute Gasteiger partial charge is 0.338 e. The molecule has 1 atom stereocenters. The molecule has 174 valence electrons. The molecule has 0 saturated carbocycles. The van der Waals surface area contributed by atoms with Crippen LogP contribution in [0.3, 0.4) is 0 Å². The maximum Gasteiger partial charge on any atom is 0.338 e. The lowest BCUT2D eigenvalue weighted by Crippen LogP contribution is -2.45. The first-order chi connectivity index (χ1) is 16.6. The Balaban J connectivity index is 1.49. The molecule has 2 aliphatic heterocycles. The number of anilines is 1. The molecule has 8 heteroatoms. The standard InChI is InChI=1S/C26H27N5O3/c1-3-34-25(33)23-18(2)30(16-22(32)29-14-13-19-9-7-8-12-21(19)15-29)26-27-17-28-31(26)24(23)20-10-5-4-6-11-20/h4-12,17,24H,3,13-16H2,1-2H3/t24-/m1/s1. The monoisotopic (exact) mass is 457 g/mol. The lowest BCUT2D eigenvalue weighted by Gasteiger charge is -2.36. The van der Waals surface area contributed by atoms with E-state index in [1.54, 1.807) is 16.5 Å². The minimum atomic E-state index is -0.481. The van der Waals surface area contributed by atoms with Crippen molar-refractivity contribution in [2.24, 2.45) is 0 Å². The quantitative estimate of drug-likeness (QED) is 0.548. The van der Waals surface area contributed by atoms with Gasteiger partial charge in [0.15, 0.2) is 0 Å². The Hall–Kier alpha value is -3.94. The van der Waals surface area contributed by atoms with Gasteiger partial charge in [-0.1, -0.05) is 54.6 Å². The van der Waals surface area contributed by atoms with E-state index in [0.717, 1.165) is 12.0 Å². The summed E-state index contributed by atoms with van der Waals surface area (Å²) < 4.78 is 7.13. The Bertz CT molecular complexity index is 1250. The molecule has 0 fully saturated rings. The zero-order valence-electron chi connectivity index (χ0n) is 19.3. The lowest BCUT2D eigenvalue weighted by molar-refractivity contribution is -0.139. The van der Waals surface area contributed by atoms with Crippen LogP contribution in [-0.2, 0) is 27.3 Å². The van der Waals surface area contributed by atoms with Crippen molar-refractivity contribution in [2.75, 3.05) is 24.6 Å². The summed E-state index contributed by atoms with van der Waals surface area (Å²) in [5, 5.41) is 4.44. The molecule has 0 spiro atoms. The molecule has 0 saturated heterocycles. The van der Waals surface area contributed by atoms with Gasteiger partial charge in [0.05, 0.1) is 12.2 Å². The van der Waals surface area contributed by atoms with Gasteiger partial charge in [-0.15, -0.1) is 0 Å². The Morgan fingerprint density at radius 1 is 1.06 bits per heavy atom. The number of amides is 1. The van der Waals surface area contributed by atoms with Crippen molar-refractivity contribution in [1.29, 1.82) is 0 Å². The van der Waals surface area contributed by atoms with Crippen molar-refractivity contribution in [3.05, 3.63) is 88.9 Å². The number of nitrogens with zero attached hydrogens (tertiary/aromatic N) is 5. The Kier molecular flexibility index (Phi) is 5.88. The van der Waals surface area contributed by atoms with Crippen LogP contribution in [-0.4, -0.2) is 51.2 Å². The molecule has 2 aromatic carbocycles. The van der Waals surface area contributed by atoms with Crippen LogP contribution in [0.4, 0.5) is 5.95 Å². The van der Waals surface area contributed by atoms with Gasteiger partial charge in [0.1, 0.15) is 18.9 Å². The average molecular weight is 458 g/mol. The number of allylic oxidation sites excluding steroid dienone is 1. The van der Waals surface area contributed by atoms with Crippen LogP contribution in [0.1, 0.15) is 36.6 Å². The number of benzene rings is 2. The molecule has 1 aromatic heterocycles. The van der Waals surface area contributed by atoms with Crippen molar-refractivity contribution in [2.45, 2.75) is 32.9 Å². The third-order valence-corrected chi connectivity index (χ3v) is 6.50. The highest BCUT2D eigenvalue weighted by Gasteiger charge is 2.39. The van der Waals surface area contributed by atoms with Crippen LogP contribution < -0.4 is 4.90 Å². The zero-order chi connectivity index (χ0) is 23.7. The first kappa shape index (κ1) is 21.9. The number of aromatic nitrogens is 3. The fourth-order valence-corrected chi connectivity index (χ4v) is 4.78. The second-order valence-corrected chi connectivity index (χ2v) is 8.46. The van der Waals surface area contributed by atoms with E-state index in [1.807, 2.05) is 54.3 Å². The molecule has 5 rings (SSSR count). The van der Waals surface area contributed by atoms with Crippen LogP contribution in [0.2, 0.25) is 0 Å². The Morgan fingerprint density at radius 2 is 1.79 bits per heavy atom. The van der Waals surface area contributed by atoms with Crippen molar-refractivity contribution >= 4 is 17.8 Å².